The lowest BCUT2D eigenvalue weighted by Gasteiger charge is -2.09. The summed E-state index contributed by atoms with van der Waals surface area (Å²) in [7, 11) is 0. The van der Waals surface area contributed by atoms with Crippen molar-refractivity contribution in [1.82, 2.24) is 5.43 Å². The van der Waals surface area contributed by atoms with Crippen molar-refractivity contribution < 1.29 is 13.9 Å². The fourth-order valence-corrected chi connectivity index (χ4v) is 5.41. The monoisotopic (exact) mass is 656 g/mol. The van der Waals surface area contributed by atoms with Gasteiger partial charge in [-0.05, 0) is 68.3 Å². The Morgan fingerprint density at radius 2 is 1.70 bits per heavy atom. The second-order valence-corrected chi connectivity index (χ2v) is 9.57. The summed E-state index contributed by atoms with van der Waals surface area (Å²) in [5.74, 6) is 0.963. The third kappa shape index (κ3) is 6.02. The average molecular weight is 660 g/mol. The van der Waals surface area contributed by atoms with Crippen molar-refractivity contribution in [1.29, 1.82) is 0 Å². The molecule has 30 heavy (non-hydrogen) atoms. The molecule has 1 N–H and O–H groups in total. The van der Waals surface area contributed by atoms with E-state index in [1.165, 1.54) is 6.21 Å². The van der Waals surface area contributed by atoms with Crippen LogP contribution in [0.25, 0.3) is 11.3 Å². The minimum Gasteiger partial charge on any atom is -0.481 e. The zero-order valence-corrected chi connectivity index (χ0v) is 21.7. The average Bonchev–Trinajstić information content (AvgIpc) is 3.12. The van der Waals surface area contributed by atoms with Gasteiger partial charge in [-0.3, -0.25) is 4.79 Å². The quantitative estimate of drug-likeness (QED) is 0.167. The van der Waals surface area contributed by atoms with E-state index in [-0.39, 0.29) is 6.61 Å². The summed E-state index contributed by atoms with van der Waals surface area (Å²) in [5, 5.41) is 4.98. The summed E-state index contributed by atoms with van der Waals surface area (Å²) >= 11 is 28.3. The lowest BCUT2D eigenvalue weighted by Crippen LogP contribution is -2.24. The molecule has 0 unspecified atom stereocenters. The van der Waals surface area contributed by atoms with Crippen LogP contribution in [0.2, 0.25) is 15.1 Å². The number of halogens is 6. The van der Waals surface area contributed by atoms with Crippen molar-refractivity contribution >= 4 is 94.7 Å². The van der Waals surface area contributed by atoms with Crippen molar-refractivity contribution in [2.75, 3.05) is 6.61 Å². The van der Waals surface area contributed by atoms with E-state index in [1.54, 1.807) is 24.3 Å². The highest BCUT2D eigenvalue weighted by molar-refractivity contribution is 9.11. The van der Waals surface area contributed by atoms with Gasteiger partial charge in [-0.25, -0.2) is 5.43 Å². The molecular formula is C19H10Br3Cl3N2O3. The highest BCUT2D eigenvalue weighted by Gasteiger charge is 2.12. The maximum Gasteiger partial charge on any atom is 0.277 e. The van der Waals surface area contributed by atoms with Crippen molar-refractivity contribution in [3.05, 3.63) is 70.6 Å². The molecule has 1 aromatic heterocycles. The zero-order valence-electron chi connectivity index (χ0n) is 14.7. The van der Waals surface area contributed by atoms with Gasteiger partial charge in [0, 0.05) is 10.0 Å². The second-order valence-electron chi connectivity index (χ2n) is 5.73. The SMILES string of the molecule is O=C(COc1c(Br)cc(Br)cc1Br)N/N=C/c1ccc(-c2cc(Cl)c(Cl)cc2Cl)o1. The lowest BCUT2D eigenvalue weighted by molar-refractivity contribution is -0.123. The molecule has 0 atom stereocenters. The number of ether oxygens (including phenoxy) is 1. The summed E-state index contributed by atoms with van der Waals surface area (Å²) < 4.78 is 13.4. The highest BCUT2D eigenvalue weighted by Crippen LogP contribution is 2.37. The maximum absolute atomic E-state index is 12.0. The number of nitrogens with zero attached hydrogens (tertiary/aromatic N) is 1. The van der Waals surface area contributed by atoms with Gasteiger partial charge in [0.25, 0.3) is 5.91 Å². The van der Waals surface area contributed by atoms with Crippen LogP contribution in [0.3, 0.4) is 0 Å². The Morgan fingerprint density at radius 3 is 2.40 bits per heavy atom. The van der Waals surface area contributed by atoms with Gasteiger partial charge in [0.2, 0.25) is 0 Å². The van der Waals surface area contributed by atoms with Crippen molar-refractivity contribution in [3.8, 4) is 17.1 Å². The van der Waals surface area contributed by atoms with Crippen LogP contribution in [0.15, 0.2) is 59.3 Å². The largest absolute Gasteiger partial charge is 0.481 e. The molecular weight excluding hydrogens is 650 g/mol. The Labute approximate surface area is 212 Å². The number of carbonyl (C=O) groups is 1. The van der Waals surface area contributed by atoms with Crippen LogP contribution in [0.1, 0.15) is 5.76 Å². The number of furan rings is 1. The Bertz CT molecular complexity index is 1110. The number of hydrogen-bond acceptors (Lipinski definition) is 4. The summed E-state index contributed by atoms with van der Waals surface area (Å²) in [6.07, 6.45) is 1.36. The normalized spacial score (nSPS) is 11.1. The molecule has 0 aliphatic heterocycles. The lowest BCUT2D eigenvalue weighted by atomic mass is 10.2. The highest BCUT2D eigenvalue weighted by atomic mass is 79.9. The van der Waals surface area contributed by atoms with E-state index in [9.17, 15) is 4.79 Å². The molecule has 1 amide bonds. The molecule has 3 aromatic rings. The molecule has 3 rings (SSSR count). The fraction of sp³-hybridized carbons (Fsp3) is 0.0526. The summed E-state index contributed by atoms with van der Waals surface area (Å²) in [6, 6.07) is 10.2. The van der Waals surface area contributed by atoms with E-state index in [0.717, 1.165) is 4.47 Å². The third-order valence-corrected chi connectivity index (χ3v) is 6.26. The van der Waals surface area contributed by atoms with Crippen LogP contribution in [0.5, 0.6) is 5.75 Å². The summed E-state index contributed by atoms with van der Waals surface area (Å²) in [5.41, 5.74) is 2.96. The van der Waals surface area contributed by atoms with Crippen LogP contribution < -0.4 is 10.2 Å². The van der Waals surface area contributed by atoms with Gasteiger partial charge in [0.05, 0.1) is 30.2 Å². The summed E-state index contributed by atoms with van der Waals surface area (Å²) in [6.45, 7) is -0.224. The van der Waals surface area contributed by atoms with E-state index in [2.05, 4.69) is 58.3 Å². The molecule has 5 nitrogen and oxygen atoms in total. The minimum absolute atomic E-state index is 0.224. The number of carbonyl (C=O) groups excluding carboxylic acids is 1. The van der Waals surface area contributed by atoms with E-state index >= 15 is 0 Å². The maximum atomic E-state index is 12.0. The van der Waals surface area contributed by atoms with Gasteiger partial charge in [0.15, 0.2) is 6.61 Å². The number of amides is 1. The van der Waals surface area contributed by atoms with Crippen LogP contribution in [0, 0.1) is 0 Å². The number of nitrogens with one attached hydrogen (secondary N) is 1. The first-order valence-corrected chi connectivity index (χ1v) is 11.6. The number of hydrazone groups is 1. The molecule has 1 heterocycles. The number of hydrogen-bond donors (Lipinski definition) is 1. The predicted octanol–water partition coefficient (Wildman–Crippen LogP) is 7.72. The van der Waals surface area contributed by atoms with Crippen LogP contribution in [-0.2, 0) is 4.79 Å². The molecule has 0 bridgehead atoms. The molecule has 0 aliphatic carbocycles. The first kappa shape index (κ1) is 23.6. The van der Waals surface area contributed by atoms with Crippen molar-refractivity contribution in [2.45, 2.75) is 0 Å². The smallest absolute Gasteiger partial charge is 0.277 e. The molecule has 0 radical (unpaired) electrons. The Kier molecular flexibility index (Phi) is 8.29. The molecule has 11 heteroatoms. The topological polar surface area (TPSA) is 63.8 Å². The molecule has 0 aliphatic rings. The Morgan fingerprint density at radius 1 is 1.03 bits per heavy atom. The van der Waals surface area contributed by atoms with Crippen LogP contribution >= 0.6 is 82.6 Å². The van der Waals surface area contributed by atoms with E-state index < -0.39 is 5.91 Å². The second kappa shape index (κ2) is 10.5. The molecule has 0 fully saturated rings. The van der Waals surface area contributed by atoms with Gasteiger partial charge in [-0.2, -0.15) is 5.10 Å². The van der Waals surface area contributed by atoms with E-state index in [1.807, 2.05) is 12.1 Å². The Balaban J connectivity index is 1.59. The number of rotatable bonds is 6. The van der Waals surface area contributed by atoms with Gasteiger partial charge in [0.1, 0.15) is 17.3 Å². The predicted molar refractivity (Wildman–Crippen MR) is 130 cm³/mol. The third-order valence-electron chi connectivity index (χ3n) is 3.59. The standard InChI is InChI=1S/C19H10Br3Cl3N2O3/c20-9-3-12(21)19(13(22)4-9)29-8-18(28)27-26-7-10-1-2-17(30-10)11-5-15(24)16(25)6-14(11)23/h1-7H,8H2,(H,27,28)/b26-7+. The van der Waals surface area contributed by atoms with Gasteiger partial charge >= 0.3 is 0 Å². The van der Waals surface area contributed by atoms with Crippen LogP contribution in [-0.4, -0.2) is 18.7 Å². The zero-order chi connectivity index (χ0) is 21.8. The fourth-order valence-electron chi connectivity index (χ4n) is 2.28. The molecule has 156 valence electrons. The van der Waals surface area contributed by atoms with Crippen LogP contribution in [0.4, 0.5) is 0 Å². The number of benzene rings is 2. The van der Waals surface area contributed by atoms with Gasteiger partial charge < -0.3 is 9.15 Å². The van der Waals surface area contributed by atoms with E-state index in [4.69, 9.17) is 44.0 Å². The van der Waals surface area contributed by atoms with Gasteiger partial charge in [-0.15, -0.1) is 0 Å². The molecule has 2 aromatic carbocycles. The summed E-state index contributed by atoms with van der Waals surface area (Å²) in [4.78, 5) is 12.0. The first-order chi connectivity index (χ1) is 14.2. The molecule has 0 saturated carbocycles. The minimum atomic E-state index is -0.438. The van der Waals surface area contributed by atoms with Crippen molar-refractivity contribution in [2.24, 2.45) is 5.10 Å². The van der Waals surface area contributed by atoms with Gasteiger partial charge in [-0.1, -0.05) is 50.7 Å². The van der Waals surface area contributed by atoms with E-state index in [0.29, 0.717) is 46.8 Å². The molecule has 0 saturated heterocycles. The first-order valence-electron chi connectivity index (χ1n) is 8.08. The Hall–Kier alpha value is -1.03. The molecule has 0 spiro atoms. The van der Waals surface area contributed by atoms with Crippen molar-refractivity contribution in [3.63, 3.8) is 0 Å².